The summed E-state index contributed by atoms with van der Waals surface area (Å²) in [5.74, 6) is 1.07. The Hall–Kier alpha value is -2.19. The van der Waals surface area contributed by atoms with Crippen molar-refractivity contribution >= 4 is 28.6 Å². The third-order valence-electron chi connectivity index (χ3n) is 7.08. The fourth-order valence-electron chi connectivity index (χ4n) is 5.23. The van der Waals surface area contributed by atoms with Crippen molar-refractivity contribution in [2.75, 3.05) is 32.8 Å². The minimum absolute atomic E-state index is 0.0770. The third-order valence-corrected chi connectivity index (χ3v) is 9.04. The molecule has 2 N–H and O–H groups in total. The van der Waals surface area contributed by atoms with Gasteiger partial charge in [-0.05, 0) is 40.9 Å². The molecule has 0 unspecified atom stereocenters. The Balaban J connectivity index is 1.28. The van der Waals surface area contributed by atoms with E-state index in [0.29, 0.717) is 22.3 Å². The van der Waals surface area contributed by atoms with Crippen molar-refractivity contribution in [3.8, 4) is 5.75 Å². The summed E-state index contributed by atoms with van der Waals surface area (Å²) in [5.41, 5.74) is -1.63. The minimum atomic E-state index is -1.63. The van der Waals surface area contributed by atoms with Crippen molar-refractivity contribution in [3.05, 3.63) is 75.1 Å². The summed E-state index contributed by atoms with van der Waals surface area (Å²) in [6.45, 7) is 4.78. The number of aliphatic hydroxyl groups is 1. The van der Waals surface area contributed by atoms with Gasteiger partial charge in [0.15, 0.2) is 0 Å². The summed E-state index contributed by atoms with van der Waals surface area (Å²) in [4.78, 5) is 14.9. The molecule has 32 heavy (non-hydrogen) atoms. The van der Waals surface area contributed by atoms with Crippen LogP contribution in [-0.2, 0) is 10.4 Å². The number of ether oxygens (including phenoxy) is 1. The first kappa shape index (κ1) is 21.6. The van der Waals surface area contributed by atoms with E-state index < -0.39 is 5.60 Å². The van der Waals surface area contributed by atoms with E-state index >= 15 is 0 Å². The molecule has 3 aliphatic heterocycles. The molecule has 0 radical (unpaired) electrons. The number of piperidine rings is 3. The van der Waals surface area contributed by atoms with Crippen molar-refractivity contribution in [3.63, 3.8) is 0 Å². The van der Waals surface area contributed by atoms with Gasteiger partial charge in [-0.1, -0.05) is 30.3 Å². The maximum absolute atomic E-state index is 13.5. The van der Waals surface area contributed by atoms with Crippen molar-refractivity contribution < 1.29 is 19.1 Å². The zero-order valence-corrected chi connectivity index (χ0v) is 19.6. The van der Waals surface area contributed by atoms with Crippen LogP contribution in [0.2, 0.25) is 0 Å². The molecule has 0 saturated carbocycles. The van der Waals surface area contributed by atoms with Crippen LogP contribution in [0.1, 0.15) is 22.6 Å². The molecule has 5 nitrogen and oxygen atoms in total. The van der Waals surface area contributed by atoms with Gasteiger partial charge in [0.05, 0.1) is 35.4 Å². The number of rotatable bonds is 8. The predicted molar refractivity (Wildman–Crippen MR) is 128 cm³/mol. The van der Waals surface area contributed by atoms with E-state index in [4.69, 9.17) is 4.74 Å². The molecule has 0 aliphatic carbocycles. The van der Waals surface area contributed by atoms with Gasteiger partial charge in [-0.2, -0.15) is 0 Å². The molecule has 3 saturated heterocycles. The minimum Gasteiger partial charge on any atom is -0.488 e. The summed E-state index contributed by atoms with van der Waals surface area (Å²) in [6.07, 6.45) is 2.21. The van der Waals surface area contributed by atoms with Gasteiger partial charge in [-0.25, -0.2) is 0 Å². The van der Waals surface area contributed by atoms with E-state index in [9.17, 15) is 9.90 Å². The number of quaternary nitrogens is 1. The standard InChI is InChI=1S/C25H28N2O3S2/c28-24(25(29,22-8-4-16-31-22)23-9-5-17-32-23)26-21-18-27(12-10-19(21)11-13-27)14-15-30-20-6-2-1-3-7-20/h1-9,16-17,19,21,29H,10-15,18H2/p+1/t19?,21-,27?/m0/s1. The Bertz CT molecular complexity index is 979. The van der Waals surface area contributed by atoms with Crippen LogP contribution in [0.4, 0.5) is 0 Å². The van der Waals surface area contributed by atoms with Gasteiger partial charge >= 0.3 is 0 Å². The van der Waals surface area contributed by atoms with Gasteiger partial charge in [0.2, 0.25) is 5.60 Å². The average molecular weight is 470 g/mol. The first-order valence-electron chi connectivity index (χ1n) is 11.2. The van der Waals surface area contributed by atoms with Gasteiger partial charge < -0.3 is 19.6 Å². The molecule has 2 bridgehead atoms. The zero-order valence-electron chi connectivity index (χ0n) is 18.0. The van der Waals surface area contributed by atoms with Crippen molar-refractivity contribution in [2.45, 2.75) is 24.5 Å². The lowest BCUT2D eigenvalue weighted by molar-refractivity contribution is -0.943. The van der Waals surface area contributed by atoms with Crippen molar-refractivity contribution in [1.29, 1.82) is 0 Å². The number of nitrogens with one attached hydrogen (secondary N) is 1. The maximum atomic E-state index is 13.5. The highest BCUT2D eigenvalue weighted by atomic mass is 32.1. The summed E-state index contributed by atoms with van der Waals surface area (Å²) < 4.78 is 6.96. The molecular weight excluding hydrogens is 440 g/mol. The van der Waals surface area contributed by atoms with E-state index in [-0.39, 0.29) is 11.9 Å². The van der Waals surface area contributed by atoms with Gasteiger partial charge in [-0.15, -0.1) is 22.7 Å². The molecule has 1 amide bonds. The van der Waals surface area contributed by atoms with Crippen LogP contribution >= 0.6 is 22.7 Å². The van der Waals surface area contributed by atoms with Crippen LogP contribution in [0, 0.1) is 5.92 Å². The fourth-order valence-corrected chi connectivity index (χ4v) is 6.96. The maximum Gasteiger partial charge on any atom is 0.263 e. The summed E-state index contributed by atoms with van der Waals surface area (Å²) in [6, 6.07) is 17.5. The van der Waals surface area contributed by atoms with Crippen LogP contribution in [0.15, 0.2) is 65.4 Å². The number of thiophene rings is 2. The van der Waals surface area contributed by atoms with Crippen molar-refractivity contribution in [1.82, 2.24) is 5.32 Å². The predicted octanol–water partition coefficient (Wildman–Crippen LogP) is 3.85. The van der Waals surface area contributed by atoms with Crippen LogP contribution < -0.4 is 10.1 Å². The third kappa shape index (κ3) is 4.10. The van der Waals surface area contributed by atoms with Gasteiger partial charge in [0.1, 0.15) is 18.9 Å². The van der Waals surface area contributed by atoms with Gasteiger partial charge in [0, 0.05) is 12.8 Å². The number of hydrogen-bond acceptors (Lipinski definition) is 5. The van der Waals surface area contributed by atoms with Crippen LogP contribution in [-0.4, -0.2) is 54.3 Å². The number of amides is 1. The molecule has 3 aromatic rings. The molecule has 5 heterocycles. The number of fused-ring (bicyclic) bond motifs is 3. The van der Waals surface area contributed by atoms with Crippen LogP contribution in [0.25, 0.3) is 0 Å². The monoisotopic (exact) mass is 469 g/mol. The average Bonchev–Trinajstić information content (AvgIpc) is 3.55. The molecule has 6 rings (SSSR count). The first-order chi connectivity index (χ1) is 15.6. The molecule has 1 aromatic carbocycles. The lowest BCUT2D eigenvalue weighted by Gasteiger charge is -2.53. The normalized spacial score (nSPS) is 24.9. The molecule has 1 atom stereocenters. The van der Waals surface area contributed by atoms with Crippen molar-refractivity contribution in [2.24, 2.45) is 5.92 Å². The molecule has 168 valence electrons. The topological polar surface area (TPSA) is 58.6 Å². The van der Waals surface area contributed by atoms with E-state index in [0.717, 1.165) is 49.3 Å². The lowest BCUT2D eigenvalue weighted by atomic mass is 9.81. The number of hydrogen-bond donors (Lipinski definition) is 2. The Morgan fingerprint density at radius 1 is 1.03 bits per heavy atom. The molecule has 3 aliphatic rings. The smallest absolute Gasteiger partial charge is 0.263 e. The quantitative estimate of drug-likeness (QED) is 0.493. The molecule has 3 fully saturated rings. The zero-order chi connectivity index (χ0) is 22.0. The van der Waals surface area contributed by atoms with Gasteiger partial charge in [0.25, 0.3) is 5.91 Å². The van der Waals surface area contributed by atoms with E-state index in [1.54, 1.807) is 0 Å². The number of nitrogens with zero attached hydrogens (tertiary/aromatic N) is 1. The second-order valence-corrected chi connectivity index (χ2v) is 10.8. The highest BCUT2D eigenvalue weighted by Crippen LogP contribution is 2.38. The number of benzene rings is 1. The van der Waals surface area contributed by atoms with Gasteiger partial charge in [-0.3, -0.25) is 4.79 Å². The number of carbonyl (C=O) groups is 1. The highest BCUT2D eigenvalue weighted by Gasteiger charge is 2.49. The highest BCUT2D eigenvalue weighted by molar-refractivity contribution is 7.12. The first-order valence-corrected chi connectivity index (χ1v) is 13.0. The summed E-state index contributed by atoms with van der Waals surface area (Å²) in [5, 5.41) is 18.7. The number of para-hydroxylation sites is 1. The lowest BCUT2D eigenvalue weighted by Crippen LogP contribution is -2.69. The summed E-state index contributed by atoms with van der Waals surface area (Å²) in [7, 11) is 0. The Morgan fingerprint density at radius 3 is 2.28 bits per heavy atom. The molecule has 0 spiro atoms. The fraction of sp³-hybridized carbons (Fsp3) is 0.400. The number of carbonyl (C=O) groups excluding carboxylic acids is 1. The van der Waals surface area contributed by atoms with Crippen LogP contribution in [0.5, 0.6) is 5.75 Å². The van der Waals surface area contributed by atoms with E-state index in [1.807, 2.05) is 65.4 Å². The SMILES string of the molecule is O=C(N[C@H]1C[N+]2(CCOc3ccccc3)CCC1CC2)C(O)(c1cccs1)c1cccs1. The Morgan fingerprint density at radius 2 is 1.69 bits per heavy atom. The van der Waals surface area contributed by atoms with E-state index in [2.05, 4.69) is 5.32 Å². The largest absolute Gasteiger partial charge is 0.488 e. The Kier molecular flexibility index (Phi) is 6.07. The second kappa shape index (κ2) is 8.98. The van der Waals surface area contributed by atoms with Crippen LogP contribution in [0.3, 0.4) is 0 Å². The molecule has 7 heteroatoms. The van der Waals surface area contributed by atoms with E-state index in [1.165, 1.54) is 22.7 Å². The summed E-state index contributed by atoms with van der Waals surface area (Å²) >= 11 is 2.83. The molecular formula is C25H29N2O3S2+. The second-order valence-electron chi connectivity index (χ2n) is 8.94. The molecule has 2 aromatic heterocycles. The Labute approximate surface area is 196 Å².